The molecule has 0 aliphatic rings. The van der Waals surface area contributed by atoms with E-state index in [-0.39, 0.29) is 34.6 Å². The van der Waals surface area contributed by atoms with E-state index in [1.165, 1.54) is 28.9 Å². The predicted octanol–water partition coefficient (Wildman–Crippen LogP) is 6.80. The first-order valence-electron chi connectivity index (χ1n) is 10.7. The van der Waals surface area contributed by atoms with Crippen molar-refractivity contribution in [3.8, 4) is 17.2 Å². The van der Waals surface area contributed by atoms with Gasteiger partial charge in [0.25, 0.3) is 11.6 Å². The molecule has 0 bridgehead atoms. The van der Waals surface area contributed by atoms with E-state index in [0.717, 1.165) is 11.1 Å². The van der Waals surface area contributed by atoms with E-state index >= 15 is 0 Å². The van der Waals surface area contributed by atoms with Crippen LogP contribution in [0.5, 0.6) is 17.2 Å². The zero-order valence-electron chi connectivity index (χ0n) is 19.2. The number of halogens is 2. The topological polar surface area (TPSA) is 109 Å². The number of amides is 1. The number of carbonyl (C=O) groups is 1. The summed E-state index contributed by atoms with van der Waals surface area (Å²) < 4.78 is 12.8. The highest BCUT2D eigenvalue weighted by Gasteiger charge is 2.16. The molecule has 1 amide bonds. The van der Waals surface area contributed by atoms with Gasteiger partial charge in [-0.2, -0.15) is 5.10 Å². The molecule has 0 atom stereocenters. The number of nitro benzene ring substituents is 1. The lowest BCUT2D eigenvalue weighted by Crippen LogP contribution is -2.14. The molecule has 184 valence electrons. The Morgan fingerprint density at radius 3 is 2.50 bits per heavy atom. The van der Waals surface area contributed by atoms with Crippen LogP contribution in [-0.2, 0) is 6.73 Å². The Hall–Kier alpha value is -4.08. The second-order valence-corrected chi connectivity index (χ2v) is 8.70. The van der Waals surface area contributed by atoms with Crippen molar-refractivity contribution in [3.05, 3.63) is 104 Å². The van der Waals surface area contributed by atoms with Crippen LogP contribution in [0.15, 0.2) is 66.9 Å². The van der Waals surface area contributed by atoms with Crippen LogP contribution in [0.3, 0.4) is 0 Å². The highest BCUT2D eigenvalue weighted by Crippen LogP contribution is 2.32. The zero-order chi connectivity index (χ0) is 25.8. The van der Waals surface area contributed by atoms with Gasteiger partial charge in [-0.3, -0.25) is 14.9 Å². The number of aromatic nitrogens is 2. The average Bonchev–Trinajstić information content (AvgIpc) is 3.28. The lowest BCUT2D eigenvalue weighted by Gasteiger charge is -2.10. The molecule has 0 radical (unpaired) electrons. The number of carbonyl (C=O) groups excluding carboxylic acids is 1. The molecule has 36 heavy (non-hydrogen) atoms. The molecule has 0 aliphatic carbocycles. The summed E-state index contributed by atoms with van der Waals surface area (Å²) in [4.78, 5) is 23.7. The maximum Gasteiger partial charge on any atom is 0.276 e. The number of hydrogen-bond acceptors (Lipinski definition) is 6. The fraction of sp³-hybridized carbons (Fsp3) is 0.120. The van der Waals surface area contributed by atoms with Gasteiger partial charge >= 0.3 is 0 Å². The SMILES string of the molecule is Cc1cc(C)cc(Oc2cc(NC(=O)c3ccn(COc4cccc(Cl)c4Cl)n3)cc([N+](=O)[O-])c2)c1. The molecule has 1 N–H and O–H groups in total. The Bertz CT molecular complexity index is 1430. The van der Waals surface area contributed by atoms with Crippen LogP contribution in [0, 0.1) is 24.0 Å². The molecule has 0 fully saturated rings. The second-order valence-electron chi connectivity index (χ2n) is 7.92. The Kier molecular flexibility index (Phi) is 7.42. The summed E-state index contributed by atoms with van der Waals surface area (Å²) in [7, 11) is 0. The Morgan fingerprint density at radius 2 is 1.78 bits per heavy atom. The van der Waals surface area contributed by atoms with E-state index in [4.69, 9.17) is 32.7 Å². The standard InChI is InChI=1S/C25H20Cl2N4O5/c1-15-8-16(2)10-19(9-15)36-20-12-17(11-18(13-20)31(33)34)28-25(32)22-6-7-30(29-22)14-35-23-5-3-4-21(26)24(23)27/h3-13H,14H2,1-2H3,(H,28,32). The van der Waals surface area contributed by atoms with Gasteiger partial charge in [-0.05, 0) is 55.3 Å². The third-order valence-electron chi connectivity index (χ3n) is 4.93. The van der Waals surface area contributed by atoms with Crippen molar-refractivity contribution < 1.29 is 19.2 Å². The molecule has 11 heteroatoms. The van der Waals surface area contributed by atoms with Crippen LogP contribution in [0.4, 0.5) is 11.4 Å². The summed E-state index contributed by atoms with van der Waals surface area (Å²) in [6.07, 6.45) is 1.55. The quantitative estimate of drug-likeness (QED) is 0.200. The number of nitrogens with zero attached hydrogens (tertiary/aromatic N) is 3. The summed E-state index contributed by atoms with van der Waals surface area (Å²) in [5.41, 5.74) is 2.01. The minimum Gasteiger partial charge on any atom is -0.470 e. The minimum atomic E-state index is -0.563. The summed E-state index contributed by atoms with van der Waals surface area (Å²) in [5, 5.41) is 18.9. The van der Waals surface area contributed by atoms with E-state index in [2.05, 4.69) is 10.4 Å². The molecular formula is C25H20Cl2N4O5. The maximum atomic E-state index is 12.8. The van der Waals surface area contributed by atoms with Crippen molar-refractivity contribution in [3.63, 3.8) is 0 Å². The first-order chi connectivity index (χ1) is 17.2. The monoisotopic (exact) mass is 526 g/mol. The van der Waals surface area contributed by atoms with Gasteiger partial charge in [0, 0.05) is 18.3 Å². The van der Waals surface area contributed by atoms with E-state index in [0.29, 0.717) is 16.5 Å². The van der Waals surface area contributed by atoms with E-state index in [9.17, 15) is 14.9 Å². The van der Waals surface area contributed by atoms with E-state index < -0.39 is 10.8 Å². The highest BCUT2D eigenvalue weighted by atomic mass is 35.5. The molecule has 9 nitrogen and oxygen atoms in total. The first-order valence-corrected chi connectivity index (χ1v) is 11.4. The van der Waals surface area contributed by atoms with Crippen molar-refractivity contribution in [1.29, 1.82) is 0 Å². The van der Waals surface area contributed by atoms with Crippen molar-refractivity contribution in [2.75, 3.05) is 5.32 Å². The predicted molar refractivity (Wildman–Crippen MR) is 136 cm³/mol. The molecular weight excluding hydrogens is 507 g/mol. The van der Waals surface area contributed by atoms with Gasteiger partial charge in [-0.25, -0.2) is 4.68 Å². The van der Waals surface area contributed by atoms with Crippen molar-refractivity contribution in [2.24, 2.45) is 0 Å². The molecule has 1 heterocycles. The van der Waals surface area contributed by atoms with Gasteiger partial charge in [0.05, 0.1) is 21.7 Å². The molecule has 4 aromatic rings. The number of ether oxygens (including phenoxy) is 2. The van der Waals surface area contributed by atoms with E-state index in [1.54, 1.807) is 24.4 Å². The average molecular weight is 527 g/mol. The Labute approximate surface area is 216 Å². The van der Waals surface area contributed by atoms with Crippen LogP contribution >= 0.6 is 23.2 Å². The summed E-state index contributed by atoms with van der Waals surface area (Å²) in [6, 6.07) is 16.1. The van der Waals surface area contributed by atoms with Gasteiger partial charge in [0.15, 0.2) is 12.4 Å². The largest absolute Gasteiger partial charge is 0.470 e. The molecule has 0 saturated heterocycles. The molecule has 1 aromatic heterocycles. The number of hydrogen-bond donors (Lipinski definition) is 1. The Morgan fingerprint density at radius 1 is 1.06 bits per heavy atom. The minimum absolute atomic E-state index is 0.0158. The fourth-order valence-corrected chi connectivity index (χ4v) is 3.78. The van der Waals surface area contributed by atoms with Crippen LogP contribution in [0.25, 0.3) is 0 Å². The van der Waals surface area contributed by atoms with Gasteiger partial charge in [0.1, 0.15) is 22.3 Å². The van der Waals surface area contributed by atoms with Crippen molar-refractivity contribution >= 4 is 40.5 Å². The third kappa shape index (κ3) is 6.12. The normalized spacial score (nSPS) is 10.7. The molecule has 0 saturated carbocycles. The lowest BCUT2D eigenvalue weighted by atomic mass is 10.1. The van der Waals surface area contributed by atoms with Crippen LogP contribution < -0.4 is 14.8 Å². The van der Waals surface area contributed by atoms with Crippen molar-refractivity contribution in [1.82, 2.24) is 9.78 Å². The Balaban J connectivity index is 1.48. The number of anilines is 1. The first kappa shape index (κ1) is 25.0. The lowest BCUT2D eigenvalue weighted by molar-refractivity contribution is -0.384. The smallest absolute Gasteiger partial charge is 0.276 e. The van der Waals surface area contributed by atoms with Crippen LogP contribution in [0.1, 0.15) is 21.6 Å². The number of aryl methyl sites for hydroxylation is 2. The molecule has 0 unspecified atom stereocenters. The van der Waals surface area contributed by atoms with Crippen LogP contribution in [-0.4, -0.2) is 20.6 Å². The summed E-state index contributed by atoms with van der Waals surface area (Å²) in [6.45, 7) is 3.83. The number of non-ortho nitro benzene ring substituents is 1. The van der Waals surface area contributed by atoms with E-state index in [1.807, 2.05) is 32.0 Å². The number of nitrogens with one attached hydrogen (secondary N) is 1. The van der Waals surface area contributed by atoms with Gasteiger partial charge in [0.2, 0.25) is 0 Å². The molecule has 3 aromatic carbocycles. The fourth-order valence-electron chi connectivity index (χ4n) is 3.43. The highest BCUT2D eigenvalue weighted by molar-refractivity contribution is 6.42. The maximum absolute atomic E-state index is 12.8. The molecule has 4 rings (SSSR count). The number of rotatable bonds is 8. The third-order valence-corrected chi connectivity index (χ3v) is 5.73. The summed E-state index contributed by atoms with van der Waals surface area (Å²) in [5.74, 6) is 0.552. The number of benzene rings is 3. The van der Waals surface area contributed by atoms with Crippen molar-refractivity contribution in [2.45, 2.75) is 20.6 Å². The van der Waals surface area contributed by atoms with Gasteiger partial charge in [-0.15, -0.1) is 0 Å². The molecule has 0 spiro atoms. The summed E-state index contributed by atoms with van der Waals surface area (Å²) >= 11 is 12.1. The second kappa shape index (κ2) is 10.7. The van der Waals surface area contributed by atoms with Gasteiger partial charge < -0.3 is 14.8 Å². The van der Waals surface area contributed by atoms with Gasteiger partial charge in [-0.1, -0.05) is 35.3 Å². The number of nitro groups is 1. The molecule has 0 aliphatic heterocycles. The van der Waals surface area contributed by atoms with Crippen LogP contribution in [0.2, 0.25) is 10.0 Å². The zero-order valence-corrected chi connectivity index (χ0v) is 20.7.